The van der Waals surface area contributed by atoms with Crippen molar-refractivity contribution in [2.75, 3.05) is 48.7 Å². The first kappa shape index (κ1) is 36.9. The number of nitrogens with one attached hydrogen (secondary N) is 2. The molecule has 3 atom stereocenters. The Balaban J connectivity index is 0.970. The number of hydrogen-bond donors (Lipinski definition) is 4. The largest absolute Gasteiger partial charge is 0.397 e. The fourth-order valence-electron chi connectivity index (χ4n) is 6.56. The smallest absolute Gasteiger partial charge is 0.225 e. The van der Waals surface area contributed by atoms with Crippen LogP contribution in [0, 0.1) is 0 Å². The highest BCUT2D eigenvalue weighted by Crippen LogP contribution is 2.38. The van der Waals surface area contributed by atoms with Crippen LogP contribution < -0.4 is 21.3 Å². The highest BCUT2D eigenvalue weighted by atomic mass is 16.7. The maximum atomic E-state index is 12.5. The molecule has 52 heavy (non-hydrogen) atoms. The molecule has 3 unspecified atom stereocenters. The maximum Gasteiger partial charge on any atom is 0.225 e. The molecule has 0 bridgehead atoms. The standard InChI is InChI=1S/C40H49N7O5/c41-34-7-4-5-8-35(34)45-38(50)10-3-1-2-9-37(49)44-26-29-11-17-32(18-12-29)39-51-33(25-36(52-39)31-15-13-30(28-48)14-16-31)27-46-21-23-47(24-22-46)40-42-19-6-20-43-40/h4-8,11-20,33,36,39,48H,1-3,9-10,21-28,41H2,(H,44,49)(H,45,50). The Kier molecular flexibility index (Phi) is 13.2. The molecule has 0 radical (unpaired) electrons. The molecular formula is C40H49N7O5. The number of amides is 2. The molecule has 3 heterocycles. The number of nitrogen functional groups attached to an aromatic ring is 1. The molecule has 2 aliphatic heterocycles. The molecule has 0 spiro atoms. The van der Waals surface area contributed by atoms with E-state index >= 15 is 0 Å². The summed E-state index contributed by atoms with van der Waals surface area (Å²) in [4.78, 5) is 38.2. The fourth-order valence-corrected chi connectivity index (χ4v) is 6.56. The van der Waals surface area contributed by atoms with Crippen LogP contribution in [0.5, 0.6) is 0 Å². The zero-order valence-electron chi connectivity index (χ0n) is 29.5. The van der Waals surface area contributed by atoms with E-state index in [0.717, 1.165) is 73.8 Å². The molecule has 4 aromatic rings. The van der Waals surface area contributed by atoms with E-state index < -0.39 is 6.29 Å². The van der Waals surface area contributed by atoms with Crippen LogP contribution in [-0.2, 0) is 32.2 Å². The van der Waals surface area contributed by atoms with Gasteiger partial charge in [0, 0.05) is 76.5 Å². The molecule has 12 nitrogen and oxygen atoms in total. The number of aliphatic hydroxyl groups excluding tert-OH is 1. The Labute approximate surface area is 305 Å². The van der Waals surface area contributed by atoms with Crippen molar-refractivity contribution in [2.45, 2.75) is 70.2 Å². The van der Waals surface area contributed by atoms with Crippen LogP contribution in [0.2, 0.25) is 0 Å². The predicted molar refractivity (Wildman–Crippen MR) is 200 cm³/mol. The summed E-state index contributed by atoms with van der Waals surface area (Å²) in [5.74, 6) is 0.675. The summed E-state index contributed by atoms with van der Waals surface area (Å²) in [5, 5.41) is 15.4. The lowest BCUT2D eigenvalue weighted by Gasteiger charge is -2.40. The minimum absolute atomic E-state index is 0.000819. The third-order valence-corrected chi connectivity index (χ3v) is 9.57. The molecule has 274 valence electrons. The number of nitrogens with zero attached hydrogens (tertiary/aromatic N) is 4. The van der Waals surface area contributed by atoms with Gasteiger partial charge in [0.2, 0.25) is 17.8 Å². The first-order valence-electron chi connectivity index (χ1n) is 18.2. The van der Waals surface area contributed by atoms with Crippen LogP contribution in [0.3, 0.4) is 0 Å². The number of para-hydroxylation sites is 2. The van der Waals surface area contributed by atoms with Gasteiger partial charge >= 0.3 is 0 Å². The van der Waals surface area contributed by atoms with Crippen molar-refractivity contribution in [1.82, 2.24) is 20.2 Å². The summed E-state index contributed by atoms with van der Waals surface area (Å²) in [5.41, 5.74) is 10.9. The van der Waals surface area contributed by atoms with Crippen molar-refractivity contribution in [3.05, 3.63) is 114 Å². The van der Waals surface area contributed by atoms with E-state index in [-0.39, 0.29) is 30.6 Å². The number of ether oxygens (including phenoxy) is 2. The van der Waals surface area contributed by atoms with E-state index in [1.165, 1.54) is 0 Å². The van der Waals surface area contributed by atoms with Gasteiger partial charge in [-0.15, -0.1) is 0 Å². The third-order valence-electron chi connectivity index (χ3n) is 9.57. The van der Waals surface area contributed by atoms with Crippen molar-refractivity contribution in [3.63, 3.8) is 0 Å². The number of carbonyl (C=O) groups excluding carboxylic acids is 2. The van der Waals surface area contributed by atoms with Crippen LogP contribution in [0.1, 0.15) is 73.2 Å². The first-order chi connectivity index (χ1) is 25.4. The van der Waals surface area contributed by atoms with Crippen molar-refractivity contribution in [2.24, 2.45) is 0 Å². The average Bonchev–Trinajstić information content (AvgIpc) is 3.18. The quantitative estimate of drug-likeness (QED) is 0.0967. The van der Waals surface area contributed by atoms with E-state index in [1.807, 2.05) is 66.7 Å². The van der Waals surface area contributed by atoms with Gasteiger partial charge in [0.25, 0.3) is 0 Å². The highest BCUT2D eigenvalue weighted by Gasteiger charge is 2.34. The number of aliphatic hydroxyl groups is 1. The van der Waals surface area contributed by atoms with Gasteiger partial charge in [-0.2, -0.15) is 0 Å². The molecule has 12 heteroatoms. The summed E-state index contributed by atoms with van der Waals surface area (Å²) < 4.78 is 13.1. The van der Waals surface area contributed by atoms with Crippen LogP contribution in [0.4, 0.5) is 17.3 Å². The average molecular weight is 708 g/mol. The Bertz CT molecular complexity index is 1720. The van der Waals surface area contributed by atoms with E-state index in [0.29, 0.717) is 43.6 Å². The van der Waals surface area contributed by atoms with Crippen molar-refractivity contribution >= 4 is 29.1 Å². The number of nitrogens with two attached hydrogens (primary N) is 1. The number of hydrogen-bond acceptors (Lipinski definition) is 10. The Hall–Kier alpha value is -4.88. The molecule has 1 aromatic heterocycles. The molecule has 2 amide bonds. The Morgan fingerprint density at radius 1 is 0.788 bits per heavy atom. The summed E-state index contributed by atoms with van der Waals surface area (Å²) in [6, 6.07) is 25.0. The van der Waals surface area contributed by atoms with E-state index in [4.69, 9.17) is 15.2 Å². The highest BCUT2D eigenvalue weighted by molar-refractivity contribution is 5.93. The van der Waals surface area contributed by atoms with E-state index in [2.05, 4.69) is 30.4 Å². The minimum Gasteiger partial charge on any atom is -0.397 e. The lowest BCUT2D eigenvalue weighted by molar-refractivity contribution is -0.253. The second kappa shape index (κ2) is 18.6. The van der Waals surface area contributed by atoms with Crippen LogP contribution in [0.25, 0.3) is 0 Å². The van der Waals surface area contributed by atoms with Gasteiger partial charge in [-0.3, -0.25) is 14.5 Å². The zero-order chi connectivity index (χ0) is 36.1. The third kappa shape index (κ3) is 10.6. The lowest BCUT2D eigenvalue weighted by atomic mass is 9.99. The maximum absolute atomic E-state index is 12.5. The second-order valence-electron chi connectivity index (χ2n) is 13.4. The predicted octanol–water partition coefficient (Wildman–Crippen LogP) is 5.12. The molecule has 5 N–H and O–H groups in total. The van der Waals surface area contributed by atoms with Crippen LogP contribution in [0.15, 0.2) is 91.3 Å². The number of benzene rings is 3. The molecule has 6 rings (SSSR count). The Morgan fingerprint density at radius 2 is 1.46 bits per heavy atom. The Morgan fingerprint density at radius 3 is 2.17 bits per heavy atom. The van der Waals surface area contributed by atoms with Gasteiger partial charge in [0.15, 0.2) is 6.29 Å². The molecular weight excluding hydrogens is 658 g/mol. The molecule has 2 aliphatic rings. The summed E-state index contributed by atoms with van der Waals surface area (Å²) >= 11 is 0. The van der Waals surface area contributed by atoms with Gasteiger partial charge in [0.1, 0.15) is 0 Å². The van der Waals surface area contributed by atoms with Gasteiger partial charge in [0.05, 0.1) is 30.2 Å². The van der Waals surface area contributed by atoms with Crippen molar-refractivity contribution in [3.8, 4) is 0 Å². The number of piperazine rings is 1. The lowest BCUT2D eigenvalue weighted by Crippen LogP contribution is -2.50. The monoisotopic (exact) mass is 707 g/mol. The molecule has 2 fully saturated rings. The van der Waals surface area contributed by atoms with Gasteiger partial charge < -0.3 is 35.8 Å². The second-order valence-corrected chi connectivity index (χ2v) is 13.4. The number of rotatable bonds is 15. The van der Waals surface area contributed by atoms with Crippen LogP contribution in [-0.4, -0.2) is 70.6 Å². The van der Waals surface area contributed by atoms with Crippen molar-refractivity contribution < 1.29 is 24.2 Å². The van der Waals surface area contributed by atoms with Crippen LogP contribution >= 0.6 is 0 Å². The molecule has 0 aliphatic carbocycles. The number of anilines is 3. The van der Waals surface area contributed by atoms with E-state index in [1.54, 1.807) is 24.5 Å². The molecule has 3 aromatic carbocycles. The number of carbonyl (C=O) groups is 2. The first-order valence-corrected chi connectivity index (χ1v) is 18.2. The summed E-state index contributed by atoms with van der Waals surface area (Å²) in [6.07, 6.45) is 6.52. The summed E-state index contributed by atoms with van der Waals surface area (Å²) in [7, 11) is 0. The van der Waals surface area contributed by atoms with E-state index in [9.17, 15) is 14.7 Å². The topological polar surface area (TPSA) is 155 Å². The molecule has 2 saturated heterocycles. The van der Waals surface area contributed by atoms with Gasteiger partial charge in [-0.25, -0.2) is 9.97 Å². The number of unbranched alkanes of at least 4 members (excludes halogenated alkanes) is 2. The van der Waals surface area contributed by atoms with Gasteiger partial charge in [-0.1, -0.05) is 67.1 Å². The normalized spacial score (nSPS) is 19.2. The minimum atomic E-state index is -0.545. The SMILES string of the molecule is Nc1ccccc1NC(=O)CCCCCC(=O)NCc1ccc(C2OC(CN3CCN(c4ncccn4)CC3)CC(c3ccc(CO)cc3)O2)cc1. The summed E-state index contributed by atoms with van der Waals surface area (Å²) in [6.45, 7) is 4.70. The zero-order valence-corrected chi connectivity index (χ0v) is 29.5. The van der Waals surface area contributed by atoms with Gasteiger partial charge in [-0.05, 0) is 47.7 Å². The molecule has 0 saturated carbocycles. The number of aromatic nitrogens is 2. The van der Waals surface area contributed by atoms with Crippen molar-refractivity contribution in [1.29, 1.82) is 0 Å². The fraction of sp³-hybridized carbons (Fsp3) is 0.400.